The quantitative estimate of drug-likeness (QED) is 0.287. The van der Waals surface area contributed by atoms with Gasteiger partial charge in [0.05, 0.1) is 17.3 Å². The Morgan fingerprint density at radius 2 is 1.61 bits per heavy atom. The van der Waals surface area contributed by atoms with E-state index in [0.717, 1.165) is 11.1 Å². The summed E-state index contributed by atoms with van der Waals surface area (Å²) in [5.41, 5.74) is 3.61. The van der Waals surface area contributed by atoms with Gasteiger partial charge in [0.15, 0.2) is 5.76 Å². The van der Waals surface area contributed by atoms with E-state index < -0.39 is 17.7 Å². The number of benzene rings is 2. The molecule has 1 aliphatic heterocycles. The van der Waals surface area contributed by atoms with Gasteiger partial charge in [-0.05, 0) is 36.6 Å². The summed E-state index contributed by atoms with van der Waals surface area (Å²) in [7, 11) is 0. The number of rotatable bonds is 5. The van der Waals surface area contributed by atoms with Gasteiger partial charge >= 0.3 is 0 Å². The van der Waals surface area contributed by atoms with Gasteiger partial charge in [-0.25, -0.2) is 4.98 Å². The number of carbonyl (C=O) groups excluding carboxylic acids is 2. The number of pyridine rings is 1. The van der Waals surface area contributed by atoms with E-state index in [-0.39, 0.29) is 11.3 Å². The number of aryl methyl sites for hydroxylation is 1. The lowest BCUT2D eigenvalue weighted by Gasteiger charge is -2.25. The third-order valence-electron chi connectivity index (χ3n) is 6.07. The maximum Gasteiger partial charge on any atom is 0.295 e. The van der Waals surface area contributed by atoms with Crippen LogP contribution >= 0.6 is 0 Å². The van der Waals surface area contributed by atoms with E-state index in [1.165, 1.54) is 0 Å². The highest BCUT2D eigenvalue weighted by atomic mass is 16.3. The van der Waals surface area contributed by atoms with E-state index in [1.807, 2.05) is 78.9 Å². The van der Waals surface area contributed by atoms with Crippen LogP contribution in [0.4, 0.5) is 0 Å². The number of ketones is 1. The molecule has 1 amide bonds. The van der Waals surface area contributed by atoms with Crippen molar-refractivity contribution in [1.29, 1.82) is 0 Å². The second-order valence-corrected chi connectivity index (χ2v) is 8.11. The summed E-state index contributed by atoms with van der Waals surface area (Å²) in [6.07, 6.45) is 2.39. The summed E-state index contributed by atoms with van der Waals surface area (Å²) in [6.45, 7) is 2.14. The van der Waals surface area contributed by atoms with Crippen LogP contribution in [0.5, 0.6) is 0 Å². The molecule has 5 rings (SSSR count). The van der Waals surface area contributed by atoms with Gasteiger partial charge in [-0.2, -0.15) is 0 Å². The Morgan fingerprint density at radius 1 is 0.939 bits per heavy atom. The molecular weight excluding hydrogens is 414 g/mol. The van der Waals surface area contributed by atoms with Crippen molar-refractivity contribution in [2.75, 3.05) is 6.54 Å². The van der Waals surface area contributed by atoms with Crippen molar-refractivity contribution in [2.24, 2.45) is 0 Å². The van der Waals surface area contributed by atoms with Crippen molar-refractivity contribution in [3.05, 3.63) is 113 Å². The standard InChI is InChI=1S/C27H23N3O3/c1-18-23(29-16-9-8-14-21(29)28-18)25(31)22-24(20-12-6-3-7-13-20)30(27(33)26(22)32)17-15-19-10-4-2-5-11-19/h2-14,16,24,31H,15,17H2,1H3. The number of hydrogen-bond donors (Lipinski definition) is 1. The third-order valence-corrected chi connectivity index (χ3v) is 6.07. The molecule has 0 aliphatic carbocycles. The van der Waals surface area contributed by atoms with Crippen molar-refractivity contribution in [1.82, 2.24) is 14.3 Å². The number of aliphatic hydroxyl groups excluding tert-OH is 1. The number of Topliss-reactive ketones (excluding diaryl/α,β-unsaturated/α-hetero) is 1. The smallest absolute Gasteiger partial charge is 0.295 e. The molecule has 0 radical (unpaired) electrons. The van der Waals surface area contributed by atoms with Gasteiger partial charge in [0, 0.05) is 12.7 Å². The summed E-state index contributed by atoms with van der Waals surface area (Å²) in [5, 5.41) is 11.4. The second kappa shape index (κ2) is 8.39. The molecule has 2 aromatic carbocycles. The minimum absolute atomic E-state index is 0.0908. The second-order valence-electron chi connectivity index (χ2n) is 8.11. The predicted molar refractivity (Wildman–Crippen MR) is 126 cm³/mol. The molecule has 1 N–H and O–H groups in total. The summed E-state index contributed by atoms with van der Waals surface area (Å²) in [4.78, 5) is 32.5. The molecule has 0 spiro atoms. The number of aromatic nitrogens is 2. The van der Waals surface area contributed by atoms with E-state index >= 15 is 0 Å². The Labute approximate surface area is 191 Å². The van der Waals surface area contributed by atoms with Gasteiger partial charge in [0.1, 0.15) is 11.3 Å². The number of nitrogens with zero attached hydrogens (tertiary/aromatic N) is 3. The van der Waals surface area contributed by atoms with Gasteiger partial charge in [-0.1, -0.05) is 66.7 Å². The summed E-state index contributed by atoms with van der Waals surface area (Å²) < 4.78 is 1.74. The maximum atomic E-state index is 13.3. The number of fused-ring (bicyclic) bond motifs is 1. The zero-order valence-corrected chi connectivity index (χ0v) is 18.2. The molecule has 2 aromatic heterocycles. The van der Waals surface area contributed by atoms with Crippen molar-refractivity contribution in [3.63, 3.8) is 0 Å². The van der Waals surface area contributed by atoms with Gasteiger partial charge in [-0.15, -0.1) is 0 Å². The Morgan fingerprint density at radius 3 is 2.33 bits per heavy atom. The highest BCUT2D eigenvalue weighted by molar-refractivity contribution is 6.46. The minimum Gasteiger partial charge on any atom is -0.505 e. The van der Waals surface area contributed by atoms with Crippen molar-refractivity contribution in [3.8, 4) is 0 Å². The highest BCUT2D eigenvalue weighted by Crippen LogP contribution is 2.39. The van der Waals surface area contributed by atoms with Crippen molar-refractivity contribution < 1.29 is 14.7 Å². The van der Waals surface area contributed by atoms with E-state index in [1.54, 1.807) is 22.4 Å². The van der Waals surface area contributed by atoms with Crippen LogP contribution in [0.3, 0.4) is 0 Å². The number of amides is 1. The number of likely N-dealkylation sites (tertiary alicyclic amines) is 1. The van der Waals surface area contributed by atoms with E-state index in [9.17, 15) is 14.7 Å². The van der Waals surface area contributed by atoms with E-state index in [0.29, 0.717) is 30.0 Å². The first-order valence-corrected chi connectivity index (χ1v) is 10.9. The molecule has 33 heavy (non-hydrogen) atoms. The van der Waals surface area contributed by atoms with Crippen LogP contribution < -0.4 is 0 Å². The lowest BCUT2D eigenvalue weighted by molar-refractivity contribution is -0.139. The molecule has 0 bridgehead atoms. The summed E-state index contributed by atoms with van der Waals surface area (Å²) >= 11 is 0. The fourth-order valence-corrected chi connectivity index (χ4v) is 4.51. The fourth-order valence-electron chi connectivity index (χ4n) is 4.51. The largest absolute Gasteiger partial charge is 0.505 e. The third kappa shape index (κ3) is 3.59. The normalized spacial score (nSPS) is 17.7. The summed E-state index contributed by atoms with van der Waals surface area (Å²) in [5.74, 6) is -1.49. The lowest BCUT2D eigenvalue weighted by atomic mass is 9.96. The molecule has 1 fully saturated rings. The maximum absolute atomic E-state index is 13.3. The first-order valence-electron chi connectivity index (χ1n) is 10.9. The predicted octanol–water partition coefficient (Wildman–Crippen LogP) is 4.31. The average molecular weight is 437 g/mol. The highest BCUT2D eigenvalue weighted by Gasteiger charge is 2.46. The van der Waals surface area contributed by atoms with Gasteiger partial charge in [0.25, 0.3) is 11.7 Å². The van der Waals surface area contributed by atoms with Crippen LogP contribution in [0.1, 0.15) is 28.6 Å². The molecule has 1 aliphatic rings. The molecule has 1 unspecified atom stereocenters. The topological polar surface area (TPSA) is 74.9 Å². The Hall–Kier alpha value is -4.19. The lowest BCUT2D eigenvalue weighted by Crippen LogP contribution is -2.31. The van der Waals surface area contributed by atoms with Gasteiger partial charge in [0.2, 0.25) is 0 Å². The van der Waals surface area contributed by atoms with Crippen LogP contribution in [0.2, 0.25) is 0 Å². The number of aliphatic hydroxyl groups is 1. The molecule has 6 nitrogen and oxygen atoms in total. The zero-order chi connectivity index (χ0) is 22.9. The van der Waals surface area contributed by atoms with Crippen LogP contribution in [0.25, 0.3) is 11.4 Å². The molecule has 3 heterocycles. The molecule has 6 heteroatoms. The first-order chi connectivity index (χ1) is 16.1. The average Bonchev–Trinajstić information content (AvgIpc) is 3.31. The molecule has 4 aromatic rings. The molecule has 1 atom stereocenters. The Kier molecular flexibility index (Phi) is 5.26. The monoisotopic (exact) mass is 437 g/mol. The first kappa shape index (κ1) is 20.7. The van der Waals surface area contributed by atoms with Gasteiger partial charge in [-0.3, -0.25) is 14.0 Å². The van der Waals surface area contributed by atoms with E-state index in [4.69, 9.17) is 0 Å². The van der Waals surface area contributed by atoms with Crippen LogP contribution in [-0.2, 0) is 16.0 Å². The minimum atomic E-state index is -0.681. The van der Waals surface area contributed by atoms with Crippen molar-refractivity contribution in [2.45, 2.75) is 19.4 Å². The van der Waals surface area contributed by atoms with Crippen LogP contribution in [0.15, 0.2) is 90.6 Å². The molecular formula is C27H23N3O3. The fraction of sp³-hybridized carbons (Fsp3) is 0.148. The number of hydrogen-bond acceptors (Lipinski definition) is 4. The van der Waals surface area contributed by atoms with Crippen LogP contribution in [0, 0.1) is 6.92 Å². The molecule has 1 saturated heterocycles. The molecule has 0 saturated carbocycles. The Bertz CT molecular complexity index is 1370. The SMILES string of the molecule is Cc1nc2ccccn2c1C(O)=C1C(=O)C(=O)N(CCc2ccccc2)C1c1ccccc1. The van der Waals surface area contributed by atoms with Crippen LogP contribution in [-0.4, -0.2) is 37.6 Å². The number of imidazole rings is 1. The Balaban J connectivity index is 1.64. The summed E-state index contributed by atoms with van der Waals surface area (Å²) in [6, 6.07) is 24.0. The van der Waals surface area contributed by atoms with Gasteiger partial charge < -0.3 is 10.0 Å². The number of carbonyl (C=O) groups is 2. The zero-order valence-electron chi connectivity index (χ0n) is 18.2. The molecule has 164 valence electrons. The van der Waals surface area contributed by atoms with E-state index in [2.05, 4.69) is 4.98 Å². The van der Waals surface area contributed by atoms with Crippen molar-refractivity contribution >= 4 is 23.1 Å².